The Balaban J connectivity index is 1.83. The third-order valence-corrected chi connectivity index (χ3v) is 11.6. The molecule has 0 saturated carbocycles. The minimum absolute atomic E-state index is 0.0231. The molecule has 288 valence electrons. The molecule has 2 heterocycles. The first kappa shape index (κ1) is 42.4. The highest BCUT2D eigenvalue weighted by atomic mass is 32.1. The second-order valence-electron chi connectivity index (χ2n) is 15.0. The van der Waals surface area contributed by atoms with Crippen LogP contribution in [0.4, 0.5) is 5.69 Å². The van der Waals surface area contributed by atoms with Crippen molar-refractivity contribution in [2.24, 2.45) is 17.8 Å². The molecule has 7 atom stereocenters. The molecule has 0 spiro atoms. The van der Waals surface area contributed by atoms with Crippen LogP contribution < -0.4 is 21.7 Å². The minimum atomic E-state index is -0.956. The first-order valence-electron chi connectivity index (χ1n) is 18.3. The molecule has 1 fully saturated rings. The monoisotopic (exact) mass is 741 g/mol. The molecule has 1 aliphatic rings. The van der Waals surface area contributed by atoms with E-state index in [1.165, 1.54) is 18.3 Å². The Hall–Kier alpha value is -4.04. The lowest BCUT2D eigenvalue weighted by atomic mass is 9.91. The van der Waals surface area contributed by atoms with Crippen LogP contribution in [0.1, 0.15) is 108 Å². The molecule has 0 aliphatic carbocycles. The van der Waals surface area contributed by atoms with Crippen LogP contribution in [0, 0.1) is 17.8 Å². The lowest BCUT2D eigenvalue weighted by molar-refractivity contribution is -0.142. The number of carboxylic acid groups (broad SMARTS) is 1. The van der Waals surface area contributed by atoms with Crippen molar-refractivity contribution in [3.8, 4) is 0 Å². The summed E-state index contributed by atoms with van der Waals surface area (Å²) >= 11 is 1.23. The number of aliphatic carboxylic acids is 1. The largest absolute Gasteiger partial charge is 0.481 e. The van der Waals surface area contributed by atoms with Crippen molar-refractivity contribution in [3.63, 3.8) is 0 Å². The van der Waals surface area contributed by atoms with Gasteiger partial charge in [0.1, 0.15) is 16.7 Å². The molecule has 6 N–H and O–H groups in total. The van der Waals surface area contributed by atoms with E-state index in [-0.39, 0.29) is 47.7 Å². The number of nitrogens with one attached hydrogen (secondary N) is 3. The zero-order valence-corrected chi connectivity index (χ0v) is 33.0. The highest BCUT2D eigenvalue weighted by Gasteiger charge is 2.44. The standard InChI is InChI=1S/C38H59N7O6S/c1-10-23(4)32(43-37(51)38(7)16-11-17-44(38)8)35(48)45(9)31(22(2)3)20-29(40-25(6)46)34-42-30(21-52-34)33(47)41-28(18-24(5)36(49)50)19-26-12-14-27(39)15-13-26/h12-15,21-24,28-29,31-32H,10-11,16-20,39H2,1-9H3,(H,40,46)(H,41,47)(H,43,51)(H,49,50)/t23-,24-,28+,29+,31?,32-,38+/m0/s1. The lowest BCUT2D eigenvalue weighted by Crippen LogP contribution is -2.60. The predicted octanol–water partition coefficient (Wildman–Crippen LogP) is 4.24. The summed E-state index contributed by atoms with van der Waals surface area (Å²) in [6.07, 6.45) is 3.26. The smallest absolute Gasteiger partial charge is 0.306 e. The van der Waals surface area contributed by atoms with Gasteiger partial charge in [-0.25, -0.2) is 4.98 Å². The van der Waals surface area contributed by atoms with Gasteiger partial charge in [0.2, 0.25) is 17.7 Å². The van der Waals surface area contributed by atoms with Gasteiger partial charge in [0.25, 0.3) is 5.91 Å². The van der Waals surface area contributed by atoms with Crippen molar-refractivity contribution in [2.45, 2.75) is 117 Å². The van der Waals surface area contributed by atoms with Crippen LogP contribution in [0.3, 0.4) is 0 Å². The predicted molar refractivity (Wildman–Crippen MR) is 204 cm³/mol. The van der Waals surface area contributed by atoms with Crippen molar-refractivity contribution in [2.75, 3.05) is 26.4 Å². The number of hydrogen-bond donors (Lipinski definition) is 5. The maximum atomic E-state index is 14.2. The Morgan fingerprint density at radius 3 is 2.25 bits per heavy atom. The van der Waals surface area contributed by atoms with Crippen molar-refractivity contribution < 1.29 is 29.1 Å². The number of anilines is 1. The van der Waals surface area contributed by atoms with Gasteiger partial charge in [-0.05, 0) is 82.2 Å². The van der Waals surface area contributed by atoms with Gasteiger partial charge < -0.3 is 31.7 Å². The highest BCUT2D eigenvalue weighted by Crippen LogP contribution is 2.30. The second-order valence-corrected chi connectivity index (χ2v) is 15.9. The normalized spacial score (nSPS) is 19.6. The summed E-state index contributed by atoms with van der Waals surface area (Å²) in [6, 6.07) is 5.05. The fourth-order valence-corrected chi connectivity index (χ4v) is 7.67. The molecule has 0 radical (unpaired) electrons. The van der Waals surface area contributed by atoms with Gasteiger partial charge in [-0.15, -0.1) is 11.3 Å². The highest BCUT2D eigenvalue weighted by molar-refractivity contribution is 7.09. The average Bonchev–Trinajstić information content (AvgIpc) is 3.72. The maximum absolute atomic E-state index is 14.2. The van der Waals surface area contributed by atoms with Gasteiger partial charge in [-0.1, -0.05) is 53.2 Å². The van der Waals surface area contributed by atoms with Crippen LogP contribution in [-0.4, -0.2) is 93.8 Å². The number of hydrogen-bond acceptors (Lipinski definition) is 9. The Labute approximate surface area is 312 Å². The van der Waals surface area contributed by atoms with Crippen LogP contribution >= 0.6 is 11.3 Å². The number of thiazole rings is 1. The molecule has 52 heavy (non-hydrogen) atoms. The number of aromatic nitrogens is 1. The summed E-state index contributed by atoms with van der Waals surface area (Å²) < 4.78 is 0. The van der Waals surface area contributed by atoms with Crippen molar-refractivity contribution in [1.29, 1.82) is 0 Å². The number of nitrogens with zero attached hydrogens (tertiary/aromatic N) is 3. The third kappa shape index (κ3) is 11.0. The van der Waals surface area contributed by atoms with Gasteiger partial charge in [-0.2, -0.15) is 0 Å². The van der Waals surface area contributed by atoms with E-state index in [0.717, 1.165) is 24.9 Å². The number of likely N-dealkylation sites (N-methyl/N-ethyl adjacent to an activating group) is 2. The van der Waals surface area contributed by atoms with E-state index in [0.29, 0.717) is 30.0 Å². The van der Waals surface area contributed by atoms with Crippen LogP contribution in [0.5, 0.6) is 0 Å². The van der Waals surface area contributed by atoms with Crippen molar-refractivity contribution >= 4 is 46.6 Å². The van der Waals surface area contributed by atoms with Crippen LogP contribution in [0.25, 0.3) is 0 Å². The summed E-state index contributed by atoms with van der Waals surface area (Å²) in [6.45, 7) is 13.7. The summed E-state index contributed by atoms with van der Waals surface area (Å²) in [7, 11) is 3.67. The van der Waals surface area contributed by atoms with E-state index in [9.17, 15) is 29.1 Å². The fraction of sp³-hybridized carbons (Fsp3) is 0.632. The number of carbonyl (C=O) groups is 5. The van der Waals surface area contributed by atoms with Gasteiger partial charge in [0.15, 0.2) is 0 Å². The van der Waals surface area contributed by atoms with E-state index < -0.39 is 41.5 Å². The zero-order chi connectivity index (χ0) is 38.9. The van der Waals surface area contributed by atoms with E-state index >= 15 is 0 Å². The van der Waals surface area contributed by atoms with Gasteiger partial charge in [0.05, 0.1) is 17.5 Å². The molecule has 1 aromatic carbocycles. The number of amides is 4. The SMILES string of the molecule is CC[C@H](C)[C@H](NC(=O)[C@@]1(C)CCCN1C)C(=O)N(C)C(C[C@@H](NC(C)=O)c1nc(C(=O)N[C@@H](Cc2ccc(N)cc2)C[C@H](C)C(=O)O)cs1)C(C)C. The third-order valence-electron chi connectivity index (χ3n) is 10.6. The maximum Gasteiger partial charge on any atom is 0.306 e. The molecule has 3 rings (SSSR count). The zero-order valence-electron chi connectivity index (χ0n) is 32.2. The Morgan fingerprint density at radius 1 is 1.06 bits per heavy atom. The molecule has 2 aromatic rings. The van der Waals surface area contributed by atoms with E-state index in [4.69, 9.17) is 5.73 Å². The van der Waals surface area contributed by atoms with Crippen molar-refractivity contribution in [1.82, 2.24) is 30.7 Å². The first-order chi connectivity index (χ1) is 24.4. The Bertz CT molecular complexity index is 1550. The average molecular weight is 742 g/mol. The molecule has 4 amide bonds. The van der Waals surface area contributed by atoms with Gasteiger partial charge >= 0.3 is 5.97 Å². The quantitative estimate of drug-likeness (QED) is 0.139. The summed E-state index contributed by atoms with van der Waals surface area (Å²) in [5.74, 6) is -2.88. The molecule has 1 aromatic heterocycles. The number of likely N-dealkylation sites (tertiary alicyclic amines) is 1. The molecule has 1 saturated heterocycles. The Kier molecular flexibility index (Phi) is 15.2. The Morgan fingerprint density at radius 2 is 1.71 bits per heavy atom. The van der Waals surface area contributed by atoms with E-state index in [2.05, 4.69) is 20.9 Å². The molecule has 1 unspecified atom stereocenters. The first-order valence-corrected chi connectivity index (χ1v) is 19.1. The van der Waals surface area contributed by atoms with E-state index in [1.54, 1.807) is 36.4 Å². The summed E-state index contributed by atoms with van der Waals surface area (Å²) in [4.78, 5) is 73.8. The molecule has 14 heteroatoms. The number of rotatable bonds is 18. The molecule has 1 aliphatic heterocycles. The number of benzene rings is 1. The van der Waals surface area contributed by atoms with Crippen LogP contribution in [0.15, 0.2) is 29.6 Å². The van der Waals surface area contributed by atoms with Crippen LogP contribution in [0.2, 0.25) is 0 Å². The van der Waals surface area contributed by atoms with Crippen molar-refractivity contribution in [3.05, 3.63) is 45.9 Å². The number of carboxylic acids is 1. The van der Waals surface area contributed by atoms with Crippen LogP contribution in [-0.2, 0) is 25.6 Å². The van der Waals surface area contributed by atoms with E-state index in [1.807, 2.05) is 58.7 Å². The topological polar surface area (TPSA) is 187 Å². The summed E-state index contributed by atoms with van der Waals surface area (Å²) in [5, 5.41) is 20.7. The molecule has 0 bridgehead atoms. The number of nitrogens with two attached hydrogens (primary N) is 1. The minimum Gasteiger partial charge on any atom is -0.481 e. The molecule has 13 nitrogen and oxygen atoms in total. The van der Waals surface area contributed by atoms with Gasteiger partial charge in [-0.3, -0.25) is 28.9 Å². The summed E-state index contributed by atoms with van der Waals surface area (Å²) in [5.41, 5.74) is 6.80. The second kappa shape index (κ2) is 18.6. The number of carbonyl (C=O) groups excluding carboxylic acids is 4. The molecular formula is C38H59N7O6S. The number of nitrogen functional groups attached to an aromatic ring is 1. The van der Waals surface area contributed by atoms with Gasteiger partial charge in [0, 0.05) is 37.1 Å². The molecular weight excluding hydrogens is 683 g/mol. The lowest BCUT2D eigenvalue weighted by Gasteiger charge is -2.38. The fourth-order valence-electron chi connectivity index (χ4n) is 6.80.